The normalized spacial score (nSPS) is 10.6. The SMILES string of the molecule is CCOc1cc(-c2ncc(N)cn2)ccc1OC(F)F. The molecule has 1 heterocycles. The zero-order chi connectivity index (χ0) is 14.5. The molecule has 20 heavy (non-hydrogen) atoms. The number of nitrogen functional groups attached to an aromatic ring is 1. The minimum atomic E-state index is -2.91. The van der Waals surface area contributed by atoms with Crippen molar-refractivity contribution in [2.75, 3.05) is 12.3 Å². The molecule has 0 atom stereocenters. The summed E-state index contributed by atoms with van der Waals surface area (Å²) in [4.78, 5) is 8.12. The second-order valence-corrected chi connectivity index (χ2v) is 3.81. The summed E-state index contributed by atoms with van der Waals surface area (Å²) in [6.07, 6.45) is 2.93. The first-order chi connectivity index (χ1) is 9.60. The number of halogens is 2. The van der Waals surface area contributed by atoms with Gasteiger partial charge in [0.15, 0.2) is 17.3 Å². The van der Waals surface area contributed by atoms with E-state index in [0.717, 1.165) is 0 Å². The molecular weight excluding hydrogens is 268 g/mol. The third kappa shape index (κ3) is 3.31. The third-order valence-electron chi connectivity index (χ3n) is 2.39. The molecule has 0 aliphatic rings. The first-order valence-electron chi connectivity index (χ1n) is 5.89. The topological polar surface area (TPSA) is 70.3 Å². The van der Waals surface area contributed by atoms with E-state index in [1.165, 1.54) is 18.5 Å². The highest BCUT2D eigenvalue weighted by Crippen LogP contribution is 2.32. The summed E-state index contributed by atoms with van der Waals surface area (Å²) in [6, 6.07) is 4.52. The van der Waals surface area contributed by atoms with Gasteiger partial charge < -0.3 is 15.2 Å². The zero-order valence-corrected chi connectivity index (χ0v) is 10.7. The van der Waals surface area contributed by atoms with Crippen molar-refractivity contribution in [1.29, 1.82) is 0 Å². The van der Waals surface area contributed by atoms with Crippen molar-refractivity contribution in [3.05, 3.63) is 30.6 Å². The van der Waals surface area contributed by atoms with Gasteiger partial charge in [-0.2, -0.15) is 8.78 Å². The molecule has 0 spiro atoms. The molecule has 0 aliphatic carbocycles. The molecule has 0 saturated heterocycles. The van der Waals surface area contributed by atoms with Crippen molar-refractivity contribution in [3.8, 4) is 22.9 Å². The number of hydrogen-bond donors (Lipinski definition) is 1. The van der Waals surface area contributed by atoms with E-state index < -0.39 is 6.61 Å². The number of benzene rings is 1. The number of nitrogens with two attached hydrogens (primary N) is 1. The molecule has 1 aromatic carbocycles. The predicted molar refractivity (Wildman–Crippen MR) is 69.7 cm³/mol. The molecular formula is C13H13F2N3O2. The van der Waals surface area contributed by atoms with Crippen molar-refractivity contribution in [3.63, 3.8) is 0 Å². The van der Waals surface area contributed by atoms with Crippen LogP contribution in [0.1, 0.15) is 6.92 Å². The van der Waals surface area contributed by atoms with Crippen LogP contribution in [0.4, 0.5) is 14.5 Å². The fourth-order valence-electron chi connectivity index (χ4n) is 1.60. The van der Waals surface area contributed by atoms with Crippen LogP contribution in [-0.2, 0) is 0 Å². The van der Waals surface area contributed by atoms with Gasteiger partial charge in [-0.3, -0.25) is 0 Å². The lowest BCUT2D eigenvalue weighted by molar-refractivity contribution is -0.0514. The summed E-state index contributed by atoms with van der Waals surface area (Å²) in [7, 11) is 0. The van der Waals surface area contributed by atoms with Gasteiger partial charge in [0.2, 0.25) is 0 Å². The van der Waals surface area contributed by atoms with Gasteiger partial charge in [0.25, 0.3) is 0 Å². The molecule has 2 N–H and O–H groups in total. The van der Waals surface area contributed by atoms with Crippen LogP contribution in [-0.4, -0.2) is 23.2 Å². The lowest BCUT2D eigenvalue weighted by atomic mass is 10.2. The molecule has 0 amide bonds. The van der Waals surface area contributed by atoms with Crippen molar-refractivity contribution >= 4 is 5.69 Å². The average Bonchev–Trinajstić information content (AvgIpc) is 2.41. The van der Waals surface area contributed by atoms with E-state index in [1.807, 2.05) is 0 Å². The first-order valence-corrected chi connectivity index (χ1v) is 5.89. The molecule has 5 nitrogen and oxygen atoms in total. The predicted octanol–water partition coefficient (Wildman–Crippen LogP) is 2.73. The maximum absolute atomic E-state index is 12.3. The lowest BCUT2D eigenvalue weighted by Crippen LogP contribution is -2.04. The van der Waals surface area contributed by atoms with Crippen LogP contribution < -0.4 is 15.2 Å². The van der Waals surface area contributed by atoms with E-state index in [9.17, 15) is 8.78 Å². The first kappa shape index (κ1) is 14.0. The number of rotatable bonds is 5. The minimum absolute atomic E-state index is 0.0268. The molecule has 0 radical (unpaired) electrons. The van der Waals surface area contributed by atoms with Crippen molar-refractivity contribution < 1.29 is 18.3 Å². The second kappa shape index (κ2) is 6.14. The van der Waals surface area contributed by atoms with E-state index in [-0.39, 0.29) is 11.5 Å². The van der Waals surface area contributed by atoms with Crippen LogP contribution in [0.15, 0.2) is 30.6 Å². The van der Waals surface area contributed by atoms with Gasteiger partial charge >= 0.3 is 6.61 Å². The summed E-state index contributed by atoms with van der Waals surface area (Å²) in [5.41, 5.74) is 6.57. The molecule has 0 bridgehead atoms. The Labute approximate surface area is 114 Å². The molecule has 0 fully saturated rings. The van der Waals surface area contributed by atoms with E-state index in [4.69, 9.17) is 10.5 Å². The van der Waals surface area contributed by atoms with Gasteiger partial charge in [-0.15, -0.1) is 0 Å². The molecule has 7 heteroatoms. The summed E-state index contributed by atoms with van der Waals surface area (Å²) in [5, 5.41) is 0. The standard InChI is InChI=1S/C13H13F2N3O2/c1-2-19-11-5-8(3-4-10(11)20-13(14)15)12-17-6-9(16)7-18-12/h3-7,13H,2,16H2,1H3. The largest absolute Gasteiger partial charge is 0.490 e. The van der Waals surface area contributed by atoms with Gasteiger partial charge in [0, 0.05) is 5.56 Å². The van der Waals surface area contributed by atoms with Crippen LogP contribution >= 0.6 is 0 Å². The fourth-order valence-corrected chi connectivity index (χ4v) is 1.60. The van der Waals surface area contributed by atoms with Crippen molar-refractivity contribution in [1.82, 2.24) is 9.97 Å². The Morgan fingerprint density at radius 2 is 1.90 bits per heavy atom. The zero-order valence-electron chi connectivity index (χ0n) is 10.7. The molecule has 106 valence electrons. The number of aromatic nitrogens is 2. The monoisotopic (exact) mass is 281 g/mol. The number of nitrogens with zero attached hydrogens (tertiary/aromatic N) is 2. The van der Waals surface area contributed by atoms with E-state index in [1.54, 1.807) is 19.1 Å². The Hall–Kier alpha value is -2.44. The Balaban J connectivity index is 2.36. The molecule has 0 aliphatic heterocycles. The summed E-state index contributed by atoms with van der Waals surface area (Å²) < 4.78 is 34.3. The maximum Gasteiger partial charge on any atom is 0.387 e. The van der Waals surface area contributed by atoms with Crippen LogP contribution in [0.25, 0.3) is 11.4 Å². The maximum atomic E-state index is 12.3. The summed E-state index contributed by atoms with van der Waals surface area (Å²) in [6.45, 7) is -0.836. The summed E-state index contributed by atoms with van der Waals surface area (Å²) >= 11 is 0. The van der Waals surface area contributed by atoms with Crippen molar-refractivity contribution in [2.24, 2.45) is 0 Å². The highest BCUT2D eigenvalue weighted by atomic mass is 19.3. The second-order valence-electron chi connectivity index (χ2n) is 3.81. The van der Waals surface area contributed by atoms with Gasteiger partial charge in [-0.25, -0.2) is 9.97 Å². The minimum Gasteiger partial charge on any atom is -0.490 e. The quantitative estimate of drug-likeness (QED) is 0.912. The van der Waals surface area contributed by atoms with Gasteiger partial charge in [0.1, 0.15) is 0 Å². The number of ether oxygens (including phenoxy) is 2. The highest BCUT2D eigenvalue weighted by molar-refractivity contribution is 5.61. The molecule has 0 saturated carbocycles. The van der Waals surface area contributed by atoms with Gasteiger partial charge in [0.05, 0.1) is 24.7 Å². The van der Waals surface area contributed by atoms with Crippen LogP contribution in [0.5, 0.6) is 11.5 Å². The third-order valence-corrected chi connectivity index (χ3v) is 2.39. The Bertz CT molecular complexity index is 576. The molecule has 2 aromatic rings. The van der Waals surface area contributed by atoms with Gasteiger partial charge in [-0.05, 0) is 25.1 Å². The van der Waals surface area contributed by atoms with Gasteiger partial charge in [-0.1, -0.05) is 0 Å². The smallest absolute Gasteiger partial charge is 0.387 e. The molecule has 0 unspecified atom stereocenters. The van der Waals surface area contributed by atoms with E-state index in [2.05, 4.69) is 14.7 Å². The molecule has 1 aromatic heterocycles. The average molecular weight is 281 g/mol. The molecule has 2 rings (SSSR count). The Morgan fingerprint density at radius 1 is 1.20 bits per heavy atom. The van der Waals surface area contributed by atoms with Crippen LogP contribution in [0.3, 0.4) is 0 Å². The van der Waals surface area contributed by atoms with Crippen molar-refractivity contribution in [2.45, 2.75) is 13.5 Å². The Kier molecular flexibility index (Phi) is 4.29. The highest BCUT2D eigenvalue weighted by Gasteiger charge is 2.13. The Morgan fingerprint density at radius 3 is 2.50 bits per heavy atom. The summed E-state index contributed by atoms with van der Waals surface area (Å²) in [5.74, 6) is 0.607. The number of hydrogen-bond acceptors (Lipinski definition) is 5. The fraction of sp³-hybridized carbons (Fsp3) is 0.231. The van der Waals surface area contributed by atoms with Crippen LogP contribution in [0, 0.1) is 0 Å². The lowest BCUT2D eigenvalue weighted by Gasteiger charge is -2.12. The number of alkyl halides is 2. The van der Waals surface area contributed by atoms with E-state index in [0.29, 0.717) is 23.7 Å². The number of anilines is 1. The van der Waals surface area contributed by atoms with Crippen LogP contribution in [0.2, 0.25) is 0 Å². The van der Waals surface area contributed by atoms with E-state index >= 15 is 0 Å².